The van der Waals surface area contributed by atoms with Gasteiger partial charge in [0, 0.05) is 0 Å². The van der Waals surface area contributed by atoms with Gasteiger partial charge in [-0.05, 0) is 18.2 Å². The van der Waals surface area contributed by atoms with Crippen LogP contribution in [0.5, 0.6) is 0 Å². The number of nitrogens with zero attached hydrogens (tertiary/aromatic N) is 2. The van der Waals surface area contributed by atoms with Gasteiger partial charge in [-0.3, -0.25) is 5.10 Å². The fourth-order valence-electron chi connectivity index (χ4n) is 1.36. The van der Waals surface area contributed by atoms with Gasteiger partial charge in [0.05, 0.1) is 17.0 Å². The predicted molar refractivity (Wildman–Crippen MR) is 63.8 cm³/mol. The van der Waals surface area contributed by atoms with E-state index in [9.17, 15) is 13.2 Å². The lowest BCUT2D eigenvalue weighted by Crippen LogP contribution is -2.24. The lowest BCUT2D eigenvalue weighted by Gasteiger charge is -2.05. The number of sulfonamides is 1. The van der Waals surface area contributed by atoms with Crippen molar-refractivity contribution in [2.45, 2.75) is 11.4 Å². The molecule has 8 nitrogen and oxygen atoms in total. The Morgan fingerprint density at radius 1 is 1.42 bits per heavy atom. The van der Waals surface area contributed by atoms with E-state index in [0.717, 1.165) is 6.07 Å². The number of aromatic nitrogens is 3. The highest BCUT2D eigenvalue weighted by atomic mass is 32.2. The Morgan fingerprint density at radius 2 is 2.21 bits per heavy atom. The van der Waals surface area contributed by atoms with Crippen LogP contribution in [0.1, 0.15) is 16.2 Å². The van der Waals surface area contributed by atoms with Gasteiger partial charge in [-0.25, -0.2) is 22.9 Å². The number of aromatic amines is 1. The number of carbonyl (C=O) groups is 1. The van der Waals surface area contributed by atoms with Crippen LogP contribution in [0.15, 0.2) is 35.5 Å². The molecule has 19 heavy (non-hydrogen) atoms. The van der Waals surface area contributed by atoms with Crippen LogP contribution in [0.3, 0.4) is 0 Å². The number of aromatic carboxylic acids is 1. The van der Waals surface area contributed by atoms with Gasteiger partial charge in [0.2, 0.25) is 10.0 Å². The first-order valence-electron chi connectivity index (χ1n) is 5.16. The van der Waals surface area contributed by atoms with Gasteiger partial charge < -0.3 is 5.11 Å². The van der Waals surface area contributed by atoms with Crippen LogP contribution >= 0.6 is 0 Å². The zero-order valence-electron chi connectivity index (χ0n) is 9.57. The van der Waals surface area contributed by atoms with Crippen LogP contribution in [0.4, 0.5) is 0 Å². The highest BCUT2D eigenvalue weighted by Gasteiger charge is 2.16. The van der Waals surface area contributed by atoms with Crippen LogP contribution < -0.4 is 4.72 Å². The number of carboxylic acid groups (broad SMARTS) is 1. The first-order chi connectivity index (χ1) is 8.99. The Hall–Kier alpha value is -2.26. The fourth-order valence-corrected chi connectivity index (χ4v) is 2.39. The van der Waals surface area contributed by atoms with Crippen molar-refractivity contribution in [1.29, 1.82) is 0 Å². The monoisotopic (exact) mass is 282 g/mol. The largest absolute Gasteiger partial charge is 0.478 e. The van der Waals surface area contributed by atoms with Crippen molar-refractivity contribution in [3.05, 3.63) is 42.0 Å². The zero-order valence-corrected chi connectivity index (χ0v) is 10.4. The maximum Gasteiger partial charge on any atom is 0.335 e. The average molecular weight is 282 g/mol. The molecular weight excluding hydrogens is 272 g/mol. The normalized spacial score (nSPS) is 11.4. The third-order valence-corrected chi connectivity index (χ3v) is 3.68. The van der Waals surface area contributed by atoms with E-state index in [4.69, 9.17) is 5.11 Å². The van der Waals surface area contributed by atoms with Gasteiger partial charge in [-0.15, -0.1) is 0 Å². The molecule has 0 atom stereocenters. The molecule has 1 aromatic heterocycles. The Morgan fingerprint density at radius 3 is 2.84 bits per heavy atom. The Kier molecular flexibility index (Phi) is 3.58. The van der Waals surface area contributed by atoms with Gasteiger partial charge in [-0.2, -0.15) is 5.10 Å². The van der Waals surface area contributed by atoms with Crippen molar-refractivity contribution >= 4 is 16.0 Å². The van der Waals surface area contributed by atoms with Crippen molar-refractivity contribution in [3.8, 4) is 0 Å². The van der Waals surface area contributed by atoms with Gasteiger partial charge in [0.15, 0.2) is 0 Å². The quantitative estimate of drug-likeness (QED) is 0.707. The van der Waals surface area contributed by atoms with E-state index in [0.29, 0.717) is 5.82 Å². The molecule has 0 amide bonds. The predicted octanol–water partition coefficient (Wildman–Crippen LogP) is -0.0186. The van der Waals surface area contributed by atoms with Crippen LogP contribution in [-0.2, 0) is 16.6 Å². The summed E-state index contributed by atoms with van der Waals surface area (Å²) in [6.07, 6.45) is 1.26. The SMILES string of the molecule is O=C(O)c1cccc(S(=O)(=O)NCc2ncn[nH]2)c1. The third-order valence-electron chi connectivity index (χ3n) is 2.29. The number of hydrogen-bond acceptors (Lipinski definition) is 5. The molecule has 9 heteroatoms. The minimum absolute atomic E-state index is 0.0559. The van der Waals surface area contributed by atoms with Crippen LogP contribution in [0.2, 0.25) is 0 Å². The first-order valence-corrected chi connectivity index (χ1v) is 6.64. The first kappa shape index (κ1) is 13.2. The van der Waals surface area contributed by atoms with E-state index in [1.165, 1.54) is 24.5 Å². The van der Waals surface area contributed by atoms with Crippen molar-refractivity contribution < 1.29 is 18.3 Å². The highest BCUT2D eigenvalue weighted by Crippen LogP contribution is 2.11. The molecule has 0 bridgehead atoms. The average Bonchev–Trinajstić information content (AvgIpc) is 2.90. The second-order valence-corrected chi connectivity index (χ2v) is 5.36. The van der Waals surface area contributed by atoms with E-state index in [1.54, 1.807) is 0 Å². The van der Waals surface area contributed by atoms with Crippen molar-refractivity contribution in [2.24, 2.45) is 0 Å². The summed E-state index contributed by atoms with van der Waals surface area (Å²) in [5.74, 6) is -0.828. The standard InChI is InChI=1S/C10H10N4O4S/c15-10(16)7-2-1-3-8(4-7)19(17,18)13-5-9-11-6-12-14-9/h1-4,6,13H,5H2,(H,15,16)(H,11,12,14). The summed E-state index contributed by atoms with van der Waals surface area (Å²) in [4.78, 5) is 14.4. The molecule has 0 unspecified atom stereocenters. The minimum Gasteiger partial charge on any atom is -0.478 e. The third kappa shape index (κ3) is 3.14. The zero-order chi connectivity index (χ0) is 13.9. The molecule has 2 rings (SSSR count). The number of rotatable bonds is 5. The van der Waals surface area contributed by atoms with Crippen molar-refractivity contribution in [2.75, 3.05) is 0 Å². The molecule has 0 aliphatic carbocycles. The van der Waals surface area contributed by atoms with Crippen LogP contribution in [-0.4, -0.2) is 34.7 Å². The maximum atomic E-state index is 11.9. The number of carboxylic acids is 1. The summed E-state index contributed by atoms with van der Waals surface area (Å²) in [5, 5.41) is 14.9. The Bertz CT molecular complexity index is 681. The molecule has 0 saturated heterocycles. The number of benzene rings is 1. The van der Waals surface area contributed by atoms with Crippen LogP contribution in [0.25, 0.3) is 0 Å². The highest BCUT2D eigenvalue weighted by molar-refractivity contribution is 7.89. The molecule has 1 heterocycles. The number of H-pyrrole nitrogens is 1. The summed E-state index contributed by atoms with van der Waals surface area (Å²) in [7, 11) is -3.79. The van der Waals surface area contributed by atoms with Gasteiger partial charge in [0.1, 0.15) is 12.2 Å². The van der Waals surface area contributed by atoms with E-state index < -0.39 is 16.0 Å². The number of nitrogens with one attached hydrogen (secondary N) is 2. The Labute approximate surface area is 108 Å². The molecular formula is C10H10N4O4S. The second kappa shape index (κ2) is 5.16. The van der Waals surface area contributed by atoms with Gasteiger partial charge in [0.25, 0.3) is 0 Å². The lowest BCUT2D eigenvalue weighted by atomic mass is 10.2. The van der Waals surface area contributed by atoms with Crippen LogP contribution in [0, 0.1) is 0 Å². The topological polar surface area (TPSA) is 125 Å². The summed E-state index contributed by atoms with van der Waals surface area (Å²) < 4.78 is 26.2. The van der Waals surface area contributed by atoms with Crippen molar-refractivity contribution in [3.63, 3.8) is 0 Å². The molecule has 0 aliphatic heterocycles. The molecule has 0 radical (unpaired) electrons. The van der Waals surface area contributed by atoms with E-state index >= 15 is 0 Å². The summed E-state index contributed by atoms with van der Waals surface area (Å²) in [6.45, 7) is -0.0559. The molecule has 2 aromatic rings. The molecule has 0 fully saturated rings. The molecule has 0 spiro atoms. The summed E-state index contributed by atoms with van der Waals surface area (Å²) in [6, 6.07) is 5.09. The smallest absolute Gasteiger partial charge is 0.335 e. The lowest BCUT2D eigenvalue weighted by molar-refractivity contribution is 0.0696. The molecule has 0 aliphatic rings. The van der Waals surface area contributed by atoms with Crippen molar-refractivity contribution in [1.82, 2.24) is 19.9 Å². The molecule has 100 valence electrons. The van der Waals surface area contributed by atoms with Gasteiger partial charge in [-0.1, -0.05) is 6.07 Å². The number of hydrogen-bond donors (Lipinski definition) is 3. The fraction of sp³-hybridized carbons (Fsp3) is 0.100. The maximum absolute atomic E-state index is 11.9. The Balaban J connectivity index is 2.19. The van der Waals surface area contributed by atoms with E-state index in [-0.39, 0.29) is 17.0 Å². The van der Waals surface area contributed by atoms with Gasteiger partial charge >= 0.3 is 5.97 Å². The van der Waals surface area contributed by atoms with E-state index in [2.05, 4.69) is 19.9 Å². The molecule has 0 saturated carbocycles. The summed E-state index contributed by atoms with van der Waals surface area (Å²) >= 11 is 0. The second-order valence-electron chi connectivity index (χ2n) is 3.59. The minimum atomic E-state index is -3.79. The molecule has 3 N–H and O–H groups in total. The molecule has 1 aromatic carbocycles. The van der Waals surface area contributed by atoms with E-state index in [1.807, 2.05) is 0 Å². The summed E-state index contributed by atoms with van der Waals surface area (Å²) in [5.41, 5.74) is -0.0949.